The van der Waals surface area contributed by atoms with Gasteiger partial charge in [0.25, 0.3) is 0 Å². The molecule has 0 atom stereocenters. The molecule has 0 unspecified atom stereocenters. The maximum absolute atomic E-state index is 9.13. The molecule has 0 saturated heterocycles. The fourth-order valence-corrected chi connectivity index (χ4v) is 2.37. The molecule has 4 heteroatoms. The molecular weight excluding hydrogens is 280 g/mol. The summed E-state index contributed by atoms with van der Waals surface area (Å²) in [5.41, 5.74) is 3.54. The molecule has 2 N–H and O–H groups in total. The lowest BCUT2D eigenvalue weighted by Gasteiger charge is -2.23. The van der Waals surface area contributed by atoms with Crippen LogP contribution in [0.4, 0.5) is 0 Å². The van der Waals surface area contributed by atoms with Gasteiger partial charge in [-0.25, -0.2) is 0 Å². The molecule has 1 heterocycles. The Morgan fingerprint density at radius 3 is 1.32 bits per heavy atom. The van der Waals surface area contributed by atoms with E-state index in [2.05, 4.69) is 0 Å². The molecule has 0 saturated carbocycles. The van der Waals surface area contributed by atoms with Crippen molar-refractivity contribution < 1.29 is 19.7 Å². The van der Waals surface area contributed by atoms with Crippen LogP contribution in [-0.4, -0.2) is 23.4 Å². The monoisotopic (exact) mass is 298 g/mol. The van der Waals surface area contributed by atoms with E-state index >= 15 is 0 Å². The van der Waals surface area contributed by atoms with Crippen LogP contribution >= 0.6 is 0 Å². The topological polar surface area (TPSA) is 58.9 Å². The van der Waals surface area contributed by atoms with Gasteiger partial charge in [0.15, 0.2) is 11.5 Å². The van der Waals surface area contributed by atoms with E-state index < -0.39 is 0 Å². The molecule has 0 spiro atoms. The molecule has 0 fully saturated rings. The second-order valence-electron chi connectivity index (χ2n) is 5.07. The van der Waals surface area contributed by atoms with E-state index in [4.69, 9.17) is 19.7 Å². The minimum Gasteiger partial charge on any atom is -0.485 e. The van der Waals surface area contributed by atoms with E-state index in [-0.39, 0.29) is 13.2 Å². The molecule has 2 aromatic carbocycles. The number of rotatable bonds is 4. The van der Waals surface area contributed by atoms with Gasteiger partial charge in [0.1, 0.15) is 13.2 Å². The molecule has 0 amide bonds. The molecule has 0 aliphatic carbocycles. The molecule has 22 heavy (non-hydrogen) atoms. The summed E-state index contributed by atoms with van der Waals surface area (Å²) in [5.74, 6) is 1.40. The summed E-state index contributed by atoms with van der Waals surface area (Å²) in [4.78, 5) is 0. The van der Waals surface area contributed by atoms with Gasteiger partial charge in [-0.1, -0.05) is 48.5 Å². The van der Waals surface area contributed by atoms with Gasteiger partial charge in [-0.3, -0.25) is 0 Å². The fourth-order valence-electron chi connectivity index (χ4n) is 2.37. The highest BCUT2D eigenvalue weighted by Gasteiger charge is 2.19. The van der Waals surface area contributed by atoms with E-state index in [1.807, 2.05) is 48.5 Å². The summed E-state index contributed by atoms with van der Waals surface area (Å²) in [5, 5.41) is 18.3. The second kappa shape index (κ2) is 6.64. The Kier molecular flexibility index (Phi) is 4.42. The Bertz CT molecular complexity index is 597. The molecule has 4 nitrogen and oxygen atoms in total. The lowest BCUT2D eigenvalue weighted by atomic mass is 10.0. The Morgan fingerprint density at radius 1 is 0.636 bits per heavy atom. The first-order valence-corrected chi connectivity index (χ1v) is 7.22. The first kappa shape index (κ1) is 14.6. The van der Waals surface area contributed by atoms with Crippen molar-refractivity contribution in [3.05, 3.63) is 70.8 Å². The number of hydrogen-bond donors (Lipinski definition) is 2. The van der Waals surface area contributed by atoms with Gasteiger partial charge < -0.3 is 19.7 Å². The lowest BCUT2D eigenvalue weighted by Crippen LogP contribution is -2.12. The first-order valence-electron chi connectivity index (χ1n) is 7.22. The van der Waals surface area contributed by atoms with Crippen LogP contribution in [0.15, 0.2) is 48.5 Å². The van der Waals surface area contributed by atoms with Crippen molar-refractivity contribution in [2.45, 2.75) is 13.2 Å². The van der Waals surface area contributed by atoms with E-state index in [1.54, 1.807) is 0 Å². The summed E-state index contributed by atoms with van der Waals surface area (Å²) in [6.07, 6.45) is 0. The molecule has 0 bridgehead atoms. The third-order valence-electron chi connectivity index (χ3n) is 3.58. The van der Waals surface area contributed by atoms with E-state index in [9.17, 15) is 0 Å². The Hall–Kier alpha value is -2.30. The Morgan fingerprint density at radius 2 is 1.00 bits per heavy atom. The number of hydrogen-bond acceptors (Lipinski definition) is 4. The summed E-state index contributed by atoms with van der Waals surface area (Å²) >= 11 is 0. The molecule has 3 rings (SSSR count). The second-order valence-corrected chi connectivity index (χ2v) is 5.07. The number of benzene rings is 2. The van der Waals surface area contributed by atoms with Gasteiger partial charge in [0.2, 0.25) is 0 Å². The van der Waals surface area contributed by atoms with Crippen molar-refractivity contribution >= 4 is 11.5 Å². The minimum atomic E-state index is 0.0200. The highest BCUT2D eigenvalue weighted by atomic mass is 16.6. The van der Waals surface area contributed by atoms with E-state index in [0.717, 1.165) is 22.3 Å². The minimum absolute atomic E-state index is 0.0200. The molecule has 114 valence electrons. The Labute approximate surface area is 129 Å². The average Bonchev–Trinajstić information content (AvgIpc) is 2.62. The predicted molar refractivity (Wildman–Crippen MR) is 83.4 cm³/mol. The smallest absolute Gasteiger partial charge is 0.169 e. The molecule has 0 radical (unpaired) electrons. The van der Waals surface area contributed by atoms with Crippen molar-refractivity contribution in [3.63, 3.8) is 0 Å². The molecule has 2 aromatic rings. The predicted octanol–water partition coefficient (Wildman–Crippen LogP) is 2.54. The van der Waals surface area contributed by atoms with Gasteiger partial charge in [-0.15, -0.1) is 0 Å². The van der Waals surface area contributed by atoms with Crippen LogP contribution in [0.3, 0.4) is 0 Å². The van der Waals surface area contributed by atoms with Crippen LogP contribution in [0.5, 0.6) is 0 Å². The van der Waals surface area contributed by atoms with Crippen LogP contribution in [0.25, 0.3) is 11.5 Å². The summed E-state index contributed by atoms with van der Waals surface area (Å²) in [6, 6.07) is 15.1. The summed E-state index contributed by atoms with van der Waals surface area (Å²) < 4.78 is 11.6. The van der Waals surface area contributed by atoms with Gasteiger partial charge >= 0.3 is 0 Å². The van der Waals surface area contributed by atoms with Crippen molar-refractivity contribution in [3.8, 4) is 0 Å². The van der Waals surface area contributed by atoms with E-state index in [1.165, 1.54) is 0 Å². The van der Waals surface area contributed by atoms with Crippen LogP contribution < -0.4 is 0 Å². The molecule has 1 aliphatic rings. The summed E-state index contributed by atoms with van der Waals surface area (Å²) in [6.45, 7) is 1.06. The van der Waals surface area contributed by atoms with Crippen LogP contribution in [-0.2, 0) is 22.7 Å². The Balaban J connectivity index is 2.00. The number of aliphatic hydroxyl groups is 2. The van der Waals surface area contributed by atoms with Gasteiger partial charge in [0, 0.05) is 11.1 Å². The highest BCUT2D eigenvalue weighted by Crippen LogP contribution is 2.31. The molecule has 1 aliphatic heterocycles. The number of ether oxygens (including phenoxy) is 2. The quantitative estimate of drug-likeness (QED) is 0.910. The SMILES string of the molecule is OCc1ccc(C2=C(c3ccc(CO)cc3)OCCO2)cc1. The highest BCUT2D eigenvalue weighted by molar-refractivity contribution is 5.84. The third-order valence-corrected chi connectivity index (χ3v) is 3.58. The van der Waals surface area contributed by atoms with Crippen molar-refractivity contribution in [1.82, 2.24) is 0 Å². The lowest BCUT2D eigenvalue weighted by molar-refractivity contribution is 0.143. The zero-order valence-corrected chi connectivity index (χ0v) is 12.2. The number of aliphatic hydroxyl groups excluding tert-OH is 2. The van der Waals surface area contributed by atoms with Crippen molar-refractivity contribution in [2.24, 2.45) is 0 Å². The standard InChI is InChI=1S/C18H18O4/c19-11-13-1-5-15(6-2-13)17-18(22-10-9-21-17)16-7-3-14(12-20)4-8-16/h1-8,19-20H,9-12H2. The maximum atomic E-state index is 9.13. The van der Waals surface area contributed by atoms with Gasteiger partial charge in [0.05, 0.1) is 13.2 Å². The maximum Gasteiger partial charge on any atom is 0.169 e. The third kappa shape index (κ3) is 2.98. The first-order chi connectivity index (χ1) is 10.8. The van der Waals surface area contributed by atoms with Crippen LogP contribution in [0.1, 0.15) is 22.3 Å². The normalized spacial score (nSPS) is 14.5. The zero-order chi connectivity index (χ0) is 15.4. The van der Waals surface area contributed by atoms with Crippen LogP contribution in [0.2, 0.25) is 0 Å². The van der Waals surface area contributed by atoms with Crippen molar-refractivity contribution in [1.29, 1.82) is 0 Å². The fraction of sp³-hybridized carbons (Fsp3) is 0.222. The summed E-state index contributed by atoms with van der Waals surface area (Å²) in [7, 11) is 0. The average molecular weight is 298 g/mol. The molecular formula is C18H18O4. The van der Waals surface area contributed by atoms with Gasteiger partial charge in [-0.2, -0.15) is 0 Å². The molecule has 0 aromatic heterocycles. The van der Waals surface area contributed by atoms with Crippen LogP contribution in [0, 0.1) is 0 Å². The largest absolute Gasteiger partial charge is 0.485 e. The van der Waals surface area contributed by atoms with E-state index in [0.29, 0.717) is 24.7 Å². The van der Waals surface area contributed by atoms with Gasteiger partial charge in [-0.05, 0) is 11.1 Å². The van der Waals surface area contributed by atoms with Crippen molar-refractivity contribution in [2.75, 3.05) is 13.2 Å². The zero-order valence-electron chi connectivity index (χ0n) is 12.2.